The van der Waals surface area contributed by atoms with Crippen LogP contribution < -0.4 is 20.7 Å². The summed E-state index contributed by atoms with van der Waals surface area (Å²) in [5, 5.41) is 14.0. The minimum Gasteiger partial charge on any atom is -0.406 e. The smallest absolute Gasteiger partial charge is 0.406 e. The van der Waals surface area contributed by atoms with E-state index in [1.165, 1.54) is 24.3 Å². The highest BCUT2D eigenvalue weighted by Gasteiger charge is 2.31. The van der Waals surface area contributed by atoms with E-state index in [9.17, 15) is 32.9 Å². The van der Waals surface area contributed by atoms with Crippen molar-refractivity contribution in [2.75, 3.05) is 42.9 Å². The highest BCUT2D eigenvalue weighted by molar-refractivity contribution is 5.94. The molecule has 33 heavy (non-hydrogen) atoms. The Labute approximate surface area is 185 Å². The van der Waals surface area contributed by atoms with Crippen LogP contribution in [0.15, 0.2) is 42.5 Å². The van der Waals surface area contributed by atoms with Crippen LogP contribution in [-0.2, 0) is 4.79 Å². The Morgan fingerprint density at radius 1 is 1.09 bits per heavy atom. The van der Waals surface area contributed by atoms with Gasteiger partial charge in [0.25, 0.3) is 5.69 Å². The summed E-state index contributed by atoms with van der Waals surface area (Å²) in [6, 6.07) is 8.83. The van der Waals surface area contributed by atoms with Gasteiger partial charge in [0.05, 0.1) is 11.5 Å². The van der Waals surface area contributed by atoms with Crippen LogP contribution in [0.2, 0.25) is 0 Å². The zero-order valence-corrected chi connectivity index (χ0v) is 17.2. The molecule has 0 radical (unpaired) electrons. The number of carbonyl (C=O) groups is 2. The lowest BCUT2D eigenvalue weighted by atomic mass is 10.1. The summed E-state index contributed by atoms with van der Waals surface area (Å²) in [4.78, 5) is 38.0. The quantitative estimate of drug-likeness (QED) is 0.472. The third kappa shape index (κ3) is 6.55. The van der Waals surface area contributed by atoms with Gasteiger partial charge in [0, 0.05) is 43.5 Å². The van der Waals surface area contributed by atoms with Gasteiger partial charge in [-0.25, -0.2) is 0 Å². The zero-order chi connectivity index (χ0) is 24.2. The molecule has 1 heterocycles. The predicted octanol–water partition coefficient (Wildman–Crippen LogP) is 2.35. The maximum atomic E-state index is 12.3. The summed E-state index contributed by atoms with van der Waals surface area (Å²) in [5.41, 5.74) is 5.68. The molecule has 176 valence electrons. The third-order valence-electron chi connectivity index (χ3n) is 4.91. The first kappa shape index (κ1) is 23.8. The summed E-state index contributed by atoms with van der Waals surface area (Å²) in [7, 11) is 0. The monoisotopic (exact) mass is 467 g/mol. The second-order valence-corrected chi connectivity index (χ2v) is 7.21. The molecule has 1 aliphatic rings. The number of anilines is 2. The summed E-state index contributed by atoms with van der Waals surface area (Å²) in [6.07, 6.45) is -4.79. The van der Waals surface area contributed by atoms with E-state index in [-0.39, 0.29) is 23.7 Å². The van der Waals surface area contributed by atoms with Crippen LogP contribution in [-0.4, -0.2) is 60.7 Å². The maximum absolute atomic E-state index is 12.3. The summed E-state index contributed by atoms with van der Waals surface area (Å²) in [5.74, 6) is -1.51. The van der Waals surface area contributed by atoms with Crippen LogP contribution in [0.1, 0.15) is 10.4 Å². The lowest BCUT2D eigenvalue weighted by Gasteiger charge is -2.35. The number of alkyl halides is 3. The predicted molar refractivity (Wildman–Crippen MR) is 112 cm³/mol. The highest BCUT2D eigenvalue weighted by atomic mass is 19.4. The van der Waals surface area contributed by atoms with Crippen LogP contribution in [0.3, 0.4) is 0 Å². The van der Waals surface area contributed by atoms with E-state index in [4.69, 9.17) is 5.73 Å². The second-order valence-electron chi connectivity index (χ2n) is 7.21. The molecule has 0 bridgehead atoms. The lowest BCUT2D eigenvalue weighted by molar-refractivity contribution is -0.384. The molecule has 2 aromatic rings. The lowest BCUT2D eigenvalue weighted by Crippen LogP contribution is -2.48. The van der Waals surface area contributed by atoms with Crippen molar-refractivity contribution in [3.05, 3.63) is 58.1 Å². The largest absolute Gasteiger partial charge is 0.573 e. The molecule has 0 saturated carbocycles. The molecule has 2 aromatic carbocycles. The molecule has 3 rings (SSSR count). The number of nitro groups is 1. The van der Waals surface area contributed by atoms with Crippen molar-refractivity contribution < 1.29 is 32.4 Å². The van der Waals surface area contributed by atoms with Gasteiger partial charge in [-0.2, -0.15) is 0 Å². The SMILES string of the molecule is NC(=O)c1ccc(N2CCN(CC(=O)Nc3ccc(OC(F)(F)F)cc3)CC2)c([N+](=O)[O-])c1. The molecule has 0 aromatic heterocycles. The van der Waals surface area contributed by atoms with Crippen LogP contribution >= 0.6 is 0 Å². The number of nitrogens with one attached hydrogen (secondary N) is 1. The van der Waals surface area contributed by atoms with Crippen molar-refractivity contribution in [3.63, 3.8) is 0 Å². The number of halogens is 3. The number of rotatable bonds is 7. The molecule has 0 aliphatic carbocycles. The number of ether oxygens (including phenoxy) is 1. The molecule has 1 saturated heterocycles. The third-order valence-corrected chi connectivity index (χ3v) is 4.91. The summed E-state index contributed by atoms with van der Waals surface area (Å²) < 4.78 is 40.4. The first-order valence-electron chi connectivity index (χ1n) is 9.73. The molecule has 1 fully saturated rings. The van der Waals surface area contributed by atoms with E-state index < -0.39 is 22.9 Å². The van der Waals surface area contributed by atoms with Gasteiger partial charge in [-0.05, 0) is 36.4 Å². The number of hydrogen-bond donors (Lipinski definition) is 2. The van der Waals surface area contributed by atoms with E-state index in [2.05, 4.69) is 10.1 Å². The average molecular weight is 467 g/mol. The van der Waals surface area contributed by atoms with Gasteiger partial charge in [0.15, 0.2) is 0 Å². The molecule has 13 heteroatoms. The Balaban J connectivity index is 1.54. The zero-order valence-electron chi connectivity index (χ0n) is 17.2. The van der Waals surface area contributed by atoms with Gasteiger partial charge in [-0.1, -0.05) is 0 Å². The van der Waals surface area contributed by atoms with E-state index >= 15 is 0 Å². The molecule has 0 spiro atoms. The maximum Gasteiger partial charge on any atom is 0.573 e. The Morgan fingerprint density at radius 3 is 2.27 bits per heavy atom. The van der Waals surface area contributed by atoms with Crippen LogP contribution in [0.25, 0.3) is 0 Å². The van der Waals surface area contributed by atoms with E-state index in [0.29, 0.717) is 37.6 Å². The Bertz CT molecular complexity index is 1040. The van der Waals surface area contributed by atoms with Crippen molar-refractivity contribution >= 4 is 28.9 Å². The molecule has 3 N–H and O–H groups in total. The summed E-state index contributed by atoms with van der Waals surface area (Å²) in [6.45, 7) is 1.75. The number of nitrogens with two attached hydrogens (primary N) is 1. The number of primary amides is 1. The molecular formula is C20H20F3N5O5. The van der Waals surface area contributed by atoms with Gasteiger partial charge in [-0.15, -0.1) is 13.2 Å². The van der Waals surface area contributed by atoms with Gasteiger partial charge in [0.1, 0.15) is 11.4 Å². The molecule has 0 atom stereocenters. The number of amides is 2. The van der Waals surface area contributed by atoms with Gasteiger partial charge < -0.3 is 20.7 Å². The summed E-state index contributed by atoms with van der Waals surface area (Å²) >= 11 is 0. The topological polar surface area (TPSA) is 131 Å². The Hall–Kier alpha value is -3.87. The average Bonchev–Trinajstić information content (AvgIpc) is 2.74. The van der Waals surface area contributed by atoms with Crippen LogP contribution in [0.4, 0.5) is 30.2 Å². The second kappa shape index (κ2) is 9.73. The first-order chi connectivity index (χ1) is 15.5. The van der Waals surface area contributed by atoms with E-state index in [1.54, 1.807) is 4.90 Å². The van der Waals surface area contributed by atoms with Gasteiger partial charge in [-0.3, -0.25) is 24.6 Å². The number of nitrogens with zero attached hydrogens (tertiary/aromatic N) is 3. The minimum absolute atomic E-state index is 0.0390. The number of nitro benzene ring substituents is 1. The van der Waals surface area contributed by atoms with Crippen molar-refractivity contribution in [3.8, 4) is 5.75 Å². The van der Waals surface area contributed by atoms with E-state index in [1.807, 2.05) is 4.90 Å². The minimum atomic E-state index is -4.79. The van der Waals surface area contributed by atoms with Crippen molar-refractivity contribution in [2.45, 2.75) is 6.36 Å². The molecule has 2 amide bonds. The number of hydrogen-bond acceptors (Lipinski definition) is 7. The van der Waals surface area contributed by atoms with Gasteiger partial charge >= 0.3 is 6.36 Å². The van der Waals surface area contributed by atoms with Crippen molar-refractivity contribution in [2.24, 2.45) is 5.73 Å². The highest BCUT2D eigenvalue weighted by Crippen LogP contribution is 2.30. The number of piperazine rings is 1. The molecular weight excluding hydrogens is 447 g/mol. The standard InChI is InChI=1S/C20H20F3N5O5/c21-20(22,23)33-15-4-2-14(3-5-15)25-18(29)12-26-7-9-27(10-8-26)16-6-1-13(19(24)30)11-17(16)28(31)32/h1-6,11H,7-10,12H2,(H2,24,30)(H,25,29). The number of benzene rings is 2. The van der Waals surface area contributed by atoms with Crippen LogP contribution in [0, 0.1) is 10.1 Å². The Morgan fingerprint density at radius 2 is 1.73 bits per heavy atom. The molecule has 0 unspecified atom stereocenters. The van der Waals surface area contributed by atoms with Gasteiger partial charge in [0.2, 0.25) is 11.8 Å². The Kier molecular flexibility index (Phi) is 7.01. The normalized spacial score (nSPS) is 14.6. The fourth-order valence-corrected chi connectivity index (χ4v) is 3.38. The molecule has 1 aliphatic heterocycles. The molecule has 10 nitrogen and oxygen atoms in total. The fraction of sp³-hybridized carbons (Fsp3) is 0.300. The van der Waals surface area contributed by atoms with Crippen LogP contribution in [0.5, 0.6) is 5.75 Å². The fourth-order valence-electron chi connectivity index (χ4n) is 3.38. The van der Waals surface area contributed by atoms with Crippen molar-refractivity contribution in [1.82, 2.24) is 4.90 Å². The first-order valence-corrected chi connectivity index (χ1v) is 9.73. The van der Waals surface area contributed by atoms with Crippen molar-refractivity contribution in [1.29, 1.82) is 0 Å². The number of carbonyl (C=O) groups excluding carboxylic acids is 2. The van der Waals surface area contributed by atoms with E-state index in [0.717, 1.165) is 18.2 Å².